The largest absolute Gasteiger partial charge is 0.455 e. The summed E-state index contributed by atoms with van der Waals surface area (Å²) in [6, 6.07) is 5.41. The summed E-state index contributed by atoms with van der Waals surface area (Å²) in [6.07, 6.45) is 2.09. The van der Waals surface area contributed by atoms with Gasteiger partial charge in [-0.25, -0.2) is 9.97 Å². The van der Waals surface area contributed by atoms with Gasteiger partial charge >= 0.3 is 0 Å². The predicted molar refractivity (Wildman–Crippen MR) is 127 cm³/mol. The number of furan rings is 1. The number of hydrogen-bond donors (Lipinski definition) is 1. The topological polar surface area (TPSA) is 110 Å². The summed E-state index contributed by atoms with van der Waals surface area (Å²) in [5.74, 6) is 2.12. The first kappa shape index (κ1) is 24.5. The van der Waals surface area contributed by atoms with Gasteiger partial charge in [-0.1, -0.05) is 11.8 Å². The molecule has 0 saturated carbocycles. The van der Waals surface area contributed by atoms with Crippen LogP contribution in [0.2, 0.25) is 0 Å². The van der Waals surface area contributed by atoms with E-state index >= 15 is 0 Å². The van der Waals surface area contributed by atoms with Crippen LogP contribution in [0.5, 0.6) is 0 Å². The molecule has 1 N–H and O–H groups in total. The fourth-order valence-electron chi connectivity index (χ4n) is 3.97. The number of thioether (sulfide) groups is 1. The molecule has 0 spiro atoms. The van der Waals surface area contributed by atoms with Crippen LogP contribution < -0.4 is 10.2 Å². The Bertz CT molecular complexity index is 986. The Morgan fingerprint density at radius 1 is 1.24 bits per heavy atom. The van der Waals surface area contributed by atoms with Gasteiger partial charge in [0, 0.05) is 59.4 Å². The molecule has 4 heterocycles. The molecule has 0 radical (unpaired) electrons. The second-order valence-electron chi connectivity index (χ2n) is 8.33. The Kier molecular flexibility index (Phi) is 8.41. The van der Waals surface area contributed by atoms with E-state index in [1.54, 1.807) is 26.2 Å². The smallest absolute Gasteiger partial charge is 0.287 e. The number of amides is 2. The summed E-state index contributed by atoms with van der Waals surface area (Å²) in [4.78, 5) is 37.3. The van der Waals surface area contributed by atoms with Crippen LogP contribution in [0.4, 0.5) is 5.82 Å². The minimum atomic E-state index is -0.239. The summed E-state index contributed by atoms with van der Waals surface area (Å²) >= 11 is 1.44. The Balaban J connectivity index is 1.35. The number of carbonyl (C=O) groups excluding carboxylic acids is 2. The molecule has 2 aromatic rings. The number of hydrogen-bond acceptors (Lipinski definition) is 9. The van der Waals surface area contributed by atoms with Gasteiger partial charge in [-0.3, -0.25) is 9.59 Å². The lowest BCUT2D eigenvalue weighted by Crippen LogP contribution is -2.48. The minimum absolute atomic E-state index is 0.0881. The summed E-state index contributed by atoms with van der Waals surface area (Å²) in [6.45, 7) is 6.01. The quantitative estimate of drug-likeness (QED) is 0.418. The number of anilines is 1. The zero-order chi connectivity index (χ0) is 23.9. The number of nitrogens with one attached hydrogen (secondary N) is 1. The Morgan fingerprint density at radius 2 is 2.06 bits per heavy atom. The molecule has 1 atom stereocenters. The number of ether oxygens (including phenoxy) is 2. The number of aromatic nitrogens is 2. The molecule has 2 aromatic heterocycles. The highest BCUT2D eigenvalue weighted by molar-refractivity contribution is 7.98. The van der Waals surface area contributed by atoms with E-state index in [4.69, 9.17) is 18.9 Å². The van der Waals surface area contributed by atoms with E-state index in [1.807, 2.05) is 11.0 Å². The standard InChI is InChI=1S/C23H31N5O5S/c1-16(29)27-7-9-28(10-8-27)21-12-17(14-31-2)25-23(26-21)34-15-19-5-6-20(33-19)22(30)24-13-18-4-3-11-32-18/h5-6,12,18H,3-4,7-11,13-15H2,1-2H3,(H,24,30)/t18-/m0/s1. The number of piperazine rings is 1. The van der Waals surface area contributed by atoms with Crippen molar-refractivity contribution in [2.45, 2.75) is 43.4 Å². The maximum absolute atomic E-state index is 12.4. The van der Waals surface area contributed by atoms with Crippen molar-refractivity contribution in [3.05, 3.63) is 35.4 Å². The Labute approximate surface area is 203 Å². The predicted octanol–water partition coefficient (Wildman–Crippen LogP) is 2.09. The van der Waals surface area contributed by atoms with E-state index in [0.717, 1.165) is 44.0 Å². The van der Waals surface area contributed by atoms with Crippen molar-refractivity contribution in [2.24, 2.45) is 0 Å². The lowest BCUT2D eigenvalue weighted by atomic mass is 10.2. The summed E-state index contributed by atoms with van der Waals surface area (Å²) in [7, 11) is 1.63. The molecule has 184 valence electrons. The molecular formula is C23H31N5O5S. The van der Waals surface area contributed by atoms with E-state index in [9.17, 15) is 9.59 Å². The van der Waals surface area contributed by atoms with Gasteiger partial charge in [0.1, 0.15) is 11.6 Å². The third-order valence-electron chi connectivity index (χ3n) is 5.83. The highest BCUT2D eigenvalue weighted by atomic mass is 32.2. The van der Waals surface area contributed by atoms with E-state index in [-0.39, 0.29) is 23.7 Å². The van der Waals surface area contributed by atoms with Crippen molar-refractivity contribution < 1.29 is 23.5 Å². The summed E-state index contributed by atoms with van der Waals surface area (Å²) in [5, 5.41) is 3.48. The van der Waals surface area contributed by atoms with Gasteiger partial charge in [-0.2, -0.15) is 0 Å². The van der Waals surface area contributed by atoms with Crippen LogP contribution in [0.1, 0.15) is 41.8 Å². The molecule has 2 saturated heterocycles. The van der Waals surface area contributed by atoms with Crippen LogP contribution in [0.3, 0.4) is 0 Å². The van der Waals surface area contributed by atoms with Gasteiger partial charge in [0.15, 0.2) is 10.9 Å². The van der Waals surface area contributed by atoms with Crippen molar-refractivity contribution in [1.82, 2.24) is 20.2 Å². The molecule has 2 aliphatic rings. The van der Waals surface area contributed by atoms with E-state index in [2.05, 4.69) is 15.2 Å². The summed E-state index contributed by atoms with van der Waals surface area (Å²) < 4.78 is 16.6. The molecule has 2 fully saturated rings. The fraction of sp³-hybridized carbons (Fsp3) is 0.565. The SMILES string of the molecule is COCc1cc(N2CCN(C(C)=O)CC2)nc(SCc2ccc(C(=O)NC[C@@H]3CCCO3)o2)n1. The molecule has 0 aromatic carbocycles. The maximum Gasteiger partial charge on any atom is 0.287 e. The second kappa shape index (κ2) is 11.7. The van der Waals surface area contributed by atoms with Crippen LogP contribution in [0.25, 0.3) is 0 Å². The molecule has 4 rings (SSSR count). The lowest BCUT2D eigenvalue weighted by Gasteiger charge is -2.35. The molecule has 34 heavy (non-hydrogen) atoms. The molecule has 0 unspecified atom stereocenters. The van der Waals surface area contributed by atoms with Gasteiger partial charge in [0.2, 0.25) is 5.91 Å². The first-order valence-electron chi connectivity index (χ1n) is 11.5. The normalized spacial score (nSPS) is 18.4. The third kappa shape index (κ3) is 6.49. The first-order valence-corrected chi connectivity index (χ1v) is 12.5. The van der Waals surface area contributed by atoms with E-state index in [1.165, 1.54) is 11.8 Å². The average Bonchev–Trinajstić information content (AvgIpc) is 3.54. The molecule has 2 aliphatic heterocycles. The van der Waals surface area contributed by atoms with Crippen LogP contribution in [-0.2, 0) is 26.6 Å². The van der Waals surface area contributed by atoms with Gasteiger partial charge in [-0.15, -0.1) is 0 Å². The highest BCUT2D eigenvalue weighted by Crippen LogP contribution is 2.25. The Hall–Kier alpha value is -2.63. The molecule has 0 aliphatic carbocycles. The van der Waals surface area contributed by atoms with Crippen molar-refractivity contribution in [3.63, 3.8) is 0 Å². The first-order chi connectivity index (χ1) is 16.5. The van der Waals surface area contributed by atoms with Gasteiger partial charge in [0.05, 0.1) is 24.2 Å². The zero-order valence-electron chi connectivity index (χ0n) is 19.6. The fourth-order valence-corrected chi connectivity index (χ4v) is 4.74. The molecule has 10 nitrogen and oxygen atoms in total. The number of carbonyl (C=O) groups is 2. The molecule has 2 amide bonds. The molecule has 0 bridgehead atoms. The molecule has 11 heteroatoms. The van der Waals surface area contributed by atoms with Crippen molar-refractivity contribution in [1.29, 1.82) is 0 Å². The zero-order valence-corrected chi connectivity index (χ0v) is 20.4. The molecular weight excluding hydrogens is 458 g/mol. The van der Waals surface area contributed by atoms with Gasteiger partial charge in [0.25, 0.3) is 5.91 Å². The van der Waals surface area contributed by atoms with Crippen molar-refractivity contribution >= 4 is 29.4 Å². The van der Waals surface area contributed by atoms with Crippen molar-refractivity contribution in [3.8, 4) is 0 Å². The van der Waals surface area contributed by atoms with Gasteiger partial charge in [-0.05, 0) is 25.0 Å². The summed E-state index contributed by atoms with van der Waals surface area (Å²) in [5.41, 5.74) is 0.789. The van der Waals surface area contributed by atoms with Crippen LogP contribution in [0, 0.1) is 0 Å². The number of methoxy groups -OCH3 is 1. The number of rotatable bonds is 9. The maximum atomic E-state index is 12.4. The minimum Gasteiger partial charge on any atom is -0.455 e. The van der Waals surface area contributed by atoms with Crippen molar-refractivity contribution in [2.75, 3.05) is 51.3 Å². The highest BCUT2D eigenvalue weighted by Gasteiger charge is 2.21. The van der Waals surface area contributed by atoms with Crippen LogP contribution >= 0.6 is 11.8 Å². The van der Waals surface area contributed by atoms with Gasteiger partial charge < -0.3 is 29.0 Å². The van der Waals surface area contributed by atoms with E-state index < -0.39 is 0 Å². The van der Waals surface area contributed by atoms with Crippen LogP contribution in [0.15, 0.2) is 27.8 Å². The van der Waals surface area contributed by atoms with Crippen LogP contribution in [-0.4, -0.2) is 79.2 Å². The third-order valence-corrected chi connectivity index (χ3v) is 6.70. The second-order valence-corrected chi connectivity index (χ2v) is 9.27. The number of nitrogens with zero attached hydrogens (tertiary/aromatic N) is 4. The van der Waals surface area contributed by atoms with E-state index in [0.29, 0.717) is 42.9 Å². The lowest BCUT2D eigenvalue weighted by molar-refractivity contribution is -0.129. The Morgan fingerprint density at radius 3 is 2.76 bits per heavy atom. The average molecular weight is 490 g/mol. The monoisotopic (exact) mass is 489 g/mol.